The van der Waals surface area contributed by atoms with Gasteiger partial charge in [-0.05, 0) is 23.3 Å². The maximum absolute atomic E-state index is 13.2. The summed E-state index contributed by atoms with van der Waals surface area (Å²) in [4.78, 5) is 16.4. The molecule has 1 heterocycles. The minimum absolute atomic E-state index is 0.468. The summed E-state index contributed by atoms with van der Waals surface area (Å²) in [6, 6.07) is 9.67. The third-order valence-electron chi connectivity index (χ3n) is 3.86. The molecule has 0 spiro atoms. The molecule has 0 bridgehead atoms. The maximum Gasteiger partial charge on any atom is 0.253 e. The average Bonchev–Trinajstić information content (AvgIpc) is 2.65. The van der Waals surface area contributed by atoms with E-state index in [2.05, 4.69) is 10.3 Å². The van der Waals surface area contributed by atoms with Crippen LogP contribution in [0.3, 0.4) is 0 Å². The first-order valence-corrected chi connectivity index (χ1v) is 8.77. The molecule has 1 amide bonds. The second-order valence-corrected chi connectivity index (χ2v) is 7.03. The Hall–Kier alpha value is -1.89. The van der Waals surface area contributed by atoms with E-state index >= 15 is 0 Å². The topological polar surface area (TPSA) is 65.5 Å². The monoisotopic (exact) mass is 399 g/mol. The fourth-order valence-electron chi connectivity index (χ4n) is 2.37. The number of nitrogens with zero attached hydrogens (tertiary/aromatic N) is 2. The first-order valence-electron chi connectivity index (χ1n) is 7.89. The summed E-state index contributed by atoms with van der Waals surface area (Å²) < 4.78 is 13.2. The molecule has 0 aliphatic rings. The number of rotatable bonds is 7. The van der Waals surface area contributed by atoms with Gasteiger partial charge in [0.2, 0.25) is 0 Å². The zero-order chi connectivity index (χ0) is 19.3. The molecule has 0 saturated carbocycles. The van der Waals surface area contributed by atoms with Gasteiger partial charge in [-0.2, -0.15) is 0 Å². The zero-order valence-corrected chi connectivity index (χ0v) is 15.9. The number of halogens is 3. The molecule has 2 atom stereocenters. The number of hydrogen-bond donors (Lipinski definition) is 2. The number of pyridine rings is 1. The fourth-order valence-corrected chi connectivity index (χ4v) is 2.50. The van der Waals surface area contributed by atoms with Crippen LogP contribution in [-0.4, -0.2) is 47.6 Å². The third-order valence-corrected chi connectivity index (χ3v) is 4.26. The lowest BCUT2D eigenvalue weighted by Crippen LogP contribution is -2.43. The van der Waals surface area contributed by atoms with Crippen LogP contribution in [0.2, 0.25) is 0 Å². The van der Waals surface area contributed by atoms with Crippen LogP contribution in [0.5, 0.6) is 0 Å². The molecule has 2 rings (SSSR count). The van der Waals surface area contributed by atoms with Crippen molar-refractivity contribution < 1.29 is 14.3 Å². The number of nitrogens with one attached hydrogen (secondary N) is 1. The van der Waals surface area contributed by atoms with Crippen molar-refractivity contribution in [2.45, 2.75) is 17.0 Å². The highest BCUT2D eigenvalue weighted by atomic mass is 35.5. The molecule has 26 heavy (non-hydrogen) atoms. The number of anilines is 1. The predicted molar refractivity (Wildman–Crippen MR) is 102 cm³/mol. The maximum atomic E-state index is 13.2. The first-order chi connectivity index (χ1) is 12.3. The normalized spacial score (nSPS) is 13.3. The Bertz CT molecular complexity index is 724. The summed E-state index contributed by atoms with van der Waals surface area (Å²) in [5.74, 6) is 0.0953. The molecule has 0 radical (unpaired) electrons. The molecule has 0 aliphatic carbocycles. The van der Waals surface area contributed by atoms with Crippen molar-refractivity contribution in [3.05, 3.63) is 48.2 Å². The van der Waals surface area contributed by atoms with E-state index in [0.717, 1.165) is 16.9 Å². The highest BCUT2D eigenvalue weighted by Crippen LogP contribution is 2.24. The number of aliphatic hydroxyl groups is 1. The van der Waals surface area contributed by atoms with Gasteiger partial charge in [-0.1, -0.05) is 47.5 Å². The standard InChI is InChI=1S/C18H20Cl2FN3O2/c1-24(2)15-8-7-13(10-22-15)11-3-5-12(6-4-11)16(25)14(9-21)23-18(26)17(19)20/h3-8,10,14,16-17,25H,9H2,1-2H3,(H,23,26)/t14-,16-/m1/s1. The van der Waals surface area contributed by atoms with Gasteiger partial charge >= 0.3 is 0 Å². The van der Waals surface area contributed by atoms with Gasteiger partial charge in [-0.15, -0.1) is 0 Å². The molecule has 140 valence electrons. The van der Waals surface area contributed by atoms with Gasteiger partial charge in [-0.25, -0.2) is 9.37 Å². The molecular formula is C18H20Cl2FN3O2. The van der Waals surface area contributed by atoms with Crippen molar-refractivity contribution in [1.82, 2.24) is 10.3 Å². The lowest BCUT2D eigenvalue weighted by Gasteiger charge is -2.22. The van der Waals surface area contributed by atoms with Crippen molar-refractivity contribution in [3.8, 4) is 11.1 Å². The molecule has 0 unspecified atom stereocenters. The molecule has 1 aromatic heterocycles. The minimum Gasteiger partial charge on any atom is -0.386 e. The molecule has 2 N–H and O–H groups in total. The number of aromatic nitrogens is 1. The van der Waals surface area contributed by atoms with Crippen LogP contribution in [0.25, 0.3) is 11.1 Å². The Kier molecular flexibility index (Phi) is 7.20. The van der Waals surface area contributed by atoms with Crippen molar-refractivity contribution in [1.29, 1.82) is 0 Å². The summed E-state index contributed by atoms with van der Waals surface area (Å²) >= 11 is 10.9. The Labute approximate surface area is 161 Å². The van der Waals surface area contributed by atoms with Crippen LogP contribution in [0, 0.1) is 0 Å². The zero-order valence-electron chi connectivity index (χ0n) is 14.4. The van der Waals surface area contributed by atoms with Gasteiger partial charge in [0.25, 0.3) is 5.91 Å². The highest BCUT2D eigenvalue weighted by Gasteiger charge is 2.25. The van der Waals surface area contributed by atoms with Crippen LogP contribution in [-0.2, 0) is 4.79 Å². The van der Waals surface area contributed by atoms with Crippen LogP contribution in [0.1, 0.15) is 11.7 Å². The van der Waals surface area contributed by atoms with Gasteiger partial charge in [0.15, 0.2) is 4.84 Å². The smallest absolute Gasteiger partial charge is 0.253 e. The fraction of sp³-hybridized carbons (Fsp3) is 0.333. The van der Waals surface area contributed by atoms with Crippen LogP contribution < -0.4 is 10.2 Å². The number of carbonyl (C=O) groups is 1. The van der Waals surface area contributed by atoms with Crippen molar-refractivity contribution in [3.63, 3.8) is 0 Å². The summed E-state index contributed by atoms with van der Waals surface area (Å²) in [6.45, 7) is -0.953. The molecule has 8 heteroatoms. The van der Waals surface area contributed by atoms with E-state index in [4.69, 9.17) is 23.2 Å². The van der Waals surface area contributed by atoms with Crippen molar-refractivity contribution in [2.75, 3.05) is 25.7 Å². The van der Waals surface area contributed by atoms with Crippen LogP contribution in [0.15, 0.2) is 42.6 Å². The van der Waals surface area contributed by atoms with Gasteiger partial charge in [-0.3, -0.25) is 4.79 Å². The van der Waals surface area contributed by atoms with E-state index in [-0.39, 0.29) is 0 Å². The molecule has 1 aromatic carbocycles. The van der Waals surface area contributed by atoms with Gasteiger partial charge in [0, 0.05) is 25.9 Å². The molecule has 2 aromatic rings. The largest absolute Gasteiger partial charge is 0.386 e. The van der Waals surface area contributed by atoms with E-state index in [1.807, 2.05) is 31.1 Å². The Morgan fingerprint density at radius 1 is 1.19 bits per heavy atom. The first kappa shape index (κ1) is 20.4. The van der Waals surface area contributed by atoms with Gasteiger partial charge in [0.1, 0.15) is 18.6 Å². The van der Waals surface area contributed by atoms with E-state index in [0.29, 0.717) is 5.56 Å². The SMILES string of the molecule is CN(C)c1ccc(-c2ccc([C@@H](O)[C@@H](CF)NC(=O)C(Cl)Cl)cc2)cn1. The van der Waals surface area contributed by atoms with Crippen LogP contribution >= 0.6 is 23.2 Å². The average molecular weight is 400 g/mol. The number of amides is 1. The predicted octanol–water partition coefficient (Wildman–Crippen LogP) is 3.11. The van der Waals surface area contributed by atoms with E-state index in [1.54, 1.807) is 30.5 Å². The molecule has 0 saturated heterocycles. The molecular weight excluding hydrogens is 380 g/mol. The van der Waals surface area contributed by atoms with E-state index in [9.17, 15) is 14.3 Å². The Morgan fingerprint density at radius 3 is 2.27 bits per heavy atom. The number of aliphatic hydroxyl groups excluding tert-OH is 1. The molecule has 0 fully saturated rings. The summed E-state index contributed by atoms with van der Waals surface area (Å²) in [5, 5.41) is 12.6. The van der Waals surface area contributed by atoms with Crippen LogP contribution in [0.4, 0.5) is 10.2 Å². The van der Waals surface area contributed by atoms with E-state index < -0.39 is 29.6 Å². The lowest BCUT2D eigenvalue weighted by molar-refractivity contribution is -0.121. The summed E-state index contributed by atoms with van der Waals surface area (Å²) in [7, 11) is 3.82. The Balaban J connectivity index is 2.13. The molecule has 0 aliphatic heterocycles. The number of carbonyl (C=O) groups excluding carboxylic acids is 1. The second-order valence-electron chi connectivity index (χ2n) is 5.94. The van der Waals surface area contributed by atoms with Gasteiger partial charge in [0.05, 0.1) is 6.04 Å². The lowest BCUT2D eigenvalue weighted by atomic mass is 9.99. The third kappa shape index (κ3) is 5.06. The summed E-state index contributed by atoms with van der Waals surface area (Å²) in [6.07, 6.45) is 0.534. The van der Waals surface area contributed by atoms with Crippen molar-refractivity contribution >= 4 is 34.9 Å². The minimum atomic E-state index is -1.32. The van der Waals surface area contributed by atoms with Crippen molar-refractivity contribution in [2.24, 2.45) is 0 Å². The Morgan fingerprint density at radius 2 is 1.81 bits per heavy atom. The van der Waals surface area contributed by atoms with E-state index in [1.165, 1.54) is 0 Å². The summed E-state index contributed by atoms with van der Waals surface area (Å²) in [5.41, 5.74) is 2.29. The highest BCUT2D eigenvalue weighted by molar-refractivity contribution is 6.53. The number of hydrogen-bond acceptors (Lipinski definition) is 4. The molecule has 5 nitrogen and oxygen atoms in total. The quantitative estimate of drug-likeness (QED) is 0.702. The second kappa shape index (κ2) is 9.16. The van der Waals surface area contributed by atoms with Gasteiger partial charge < -0.3 is 15.3 Å². The number of alkyl halides is 3. The number of benzene rings is 1.